The highest BCUT2D eigenvalue weighted by molar-refractivity contribution is 7.91. The number of benzene rings is 2. The Morgan fingerprint density at radius 3 is 2.41 bits per heavy atom. The Hall–Kier alpha value is -2.56. The van der Waals surface area contributed by atoms with Gasteiger partial charge >= 0.3 is 0 Å². The van der Waals surface area contributed by atoms with Gasteiger partial charge in [0, 0.05) is 19.1 Å². The number of hydrogen-bond donors (Lipinski definition) is 0. The molecule has 3 aromatic rings. The molecule has 1 amide bonds. The van der Waals surface area contributed by atoms with E-state index in [1.165, 1.54) is 30.3 Å². The number of fused-ring (bicyclic) bond motifs is 1. The van der Waals surface area contributed by atoms with Crippen molar-refractivity contribution in [2.24, 2.45) is 4.99 Å². The second-order valence-corrected chi connectivity index (χ2v) is 11.4. The standard InChI is InChI=1S/C19H18N2O5S3/c1-4-11-21-15-10-9-13(28(2,23)24)12-16(15)27-19(21)20-18(22)14-7-5-6-8-17(14)29(3,25)26/h4-10,12H,1,11H2,2-3H3. The van der Waals surface area contributed by atoms with Crippen LogP contribution in [0.2, 0.25) is 0 Å². The number of allylic oxidation sites excluding steroid dienone is 1. The van der Waals surface area contributed by atoms with Crippen molar-refractivity contribution in [1.82, 2.24) is 4.57 Å². The molecule has 0 unspecified atom stereocenters. The van der Waals surface area contributed by atoms with E-state index < -0.39 is 25.6 Å². The van der Waals surface area contributed by atoms with Gasteiger partial charge in [0.1, 0.15) is 0 Å². The summed E-state index contributed by atoms with van der Waals surface area (Å²) in [7, 11) is -6.99. The minimum atomic E-state index is -3.60. The van der Waals surface area contributed by atoms with Gasteiger partial charge in [0.15, 0.2) is 24.5 Å². The largest absolute Gasteiger partial charge is 0.312 e. The Balaban J connectivity index is 2.24. The maximum Gasteiger partial charge on any atom is 0.280 e. The van der Waals surface area contributed by atoms with Crippen molar-refractivity contribution in [1.29, 1.82) is 0 Å². The van der Waals surface area contributed by atoms with E-state index in [2.05, 4.69) is 11.6 Å². The molecule has 0 aliphatic carbocycles. The van der Waals surface area contributed by atoms with E-state index in [4.69, 9.17) is 0 Å². The summed E-state index contributed by atoms with van der Waals surface area (Å²) in [4.78, 5) is 17.3. The van der Waals surface area contributed by atoms with E-state index in [1.54, 1.807) is 22.8 Å². The molecule has 29 heavy (non-hydrogen) atoms. The summed E-state index contributed by atoms with van der Waals surface area (Å²) in [6.45, 7) is 4.05. The number of rotatable bonds is 5. The van der Waals surface area contributed by atoms with Gasteiger partial charge in [0.2, 0.25) is 0 Å². The lowest BCUT2D eigenvalue weighted by Crippen LogP contribution is -2.17. The Labute approximate surface area is 172 Å². The van der Waals surface area contributed by atoms with E-state index in [0.29, 0.717) is 21.6 Å². The molecule has 0 saturated carbocycles. The Bertz CT molecular complexity index is 1410. The van der Waals surface area contributed by atoms with Gasteiger partial charge in [-0.15, -0.1) is 6.58 Å². The minimum absolute atomic E-state index is 0.0190. The average Bonchev–Trinajstić information content (AvgIpc) is 2.97. The molecule has 0 bridgehead atoms. The molecule has 3 rings (SSSR count). The third-order valence-electron chi connectivity index (χ3n) is 4.11. The topological polar surface area (TPSA) is 103 Å². The van der Waals surface area contributed by atoms with Gasteiger partial charge in [-0.3, -0.25) is 4.79 Å². The van der Waals surface area contributed by atoms with Crippen LogP contribution in [0.1, 0.15) is 10.4 Å². The SMILES string of the molecule is C=CCn1c(=NC(=O)c2ccccc2S(C)(=O)=O)sc2cc(S(C)(=O)=O)ccc21. The third-order valence-corrected chi connectivity index (χ3v) is 7.41. The smallest absolute Gasteiger partial charge is 0.280 e. The van der Waals surface area contributed by atoms with Crippen LogP contribution < -0.4 is 4.80 Å². The molecule has 0 spiro atoms. The summed E-state index contributed by atoms with van der Waals surface area (Å²) in [5.74, 6) is -0.696. The van der Waals surface area contributed by atoms with Crippen LogP contribution >= 0.6 is 11.3 Å². The second kappa shape index (κ2) is 7.69. The number of carbonyl (C=O) groups excluding carboxylic acids is 1. The van der Waals surface area contributed by atoms with Gasteiger partial charge in [0.05, 0.1) is 25.6 Å². The highest BCUT2D eigenvalue weighted by Crippen LogP contribution is 2.22. The Morgan fingerprint density at radius 1 is 1.10 bits per heavy atom. The quantitative estimate of drug-likeness (QED) is 0.556. The van der Waals surface area contributed by atoms with E-state index in [1.807, 2.05) is 0 Å². The summed E-state index contributed by atoms with van der Waals surface area (Å²) >= 11 is 1.14. The number of sulfone groups is 2. The van der Waals surface area contributed by atoms with Crippen molar-refractivity contribution >= 4 is 47.1 Å². The van der Waals surface area contributed by atoms with Crippen LogP contribution in [0.5, 0.6) is 0 Å². The second-order valence-electron chi connectivity index (χ2n) is 6.37. The van der Waals surface area contributed by atoms with Crippen LogP contribution in [-0.4, -0.2) is 39.8 Å². The zero-order chi connectivity index (χ0) is 21.4. The summed E-state index contributed by atoms with van der Waals surface area (Å²) < 4.78 is 50.0. The predicted octanol–water partition coefficient (Wildman–Crippen LogP) is 2.44. The van der Waals surface area contributed by atoms with Gasteiger partial charge in [0.25, 0.3) is 5.91 Å². The number of nitrogens with zero attached hydrogens (tertiary/aromatic N) is 2. The van der Waals surface area contributed by atoms with Gasteiger partial charge in [-0.05, 0) is 30.3 Å². The van der Waals surface area contributed by atoms with Crippen molar-refractivity contribution in [3.05, 3.63) is 65.5 Å². The highest BCUT2D eigenvalue weighted by atomic mass is 32.2. The maximum absolute atomic E-state index is 12.8. The lowest BCUT2D eigenvalue weighted by molar-refractivity contribution is 0.0994. The zero-order valence-corrected chi connectivity index (χ0v) is 18.1. The molecule has 1 aromatic heterocycles. The van der Waals surface area contributed by atoms with Gasteiger partial charge < -0.3 is 4.57 Å². The summed E-state index contributed by atoms with van der Waals surface area (Å²) in [5.41, 5.74) is 0.680. The lowest BCUT2D eigenvalue weighted by Gasteiger charge is -2.04. The molecule has 0 N–H and O–H groups in total. The summed E-state index contributed by atoms with van der Waals surface area (Å²) in [5, 5.41) is 0. The number of carbonyl (C=O) groups is 1. The van der Waals surface area contributed by atoms with Gasteiger partial charge in [-0.2, -0.15) is 4.99 Å². The van der Waals surface area contributed by atoms with Gasteiger partial charge in [-0.1, -0.05) is 29.5 Å². The first-order chi connectivity index (χ1) is 13.5. The number of hydrogen-bond acceptors (Lipinski definition) is 6. The molecule has 7 nitrogen and oxygen atoms in total. The predicted molar refractivity (Wildman–Crippen MR) is 113 cm³/mol. The normalized spacial score (nSPS) is 13.0. The molecule has 0 fully saturated rings. The minimum Gasteiger partial charge on any atom is -0.312 e. The van der Waals surface area contributed by atoms with Crippen LogP contribution in [0, 0.1) is 0 Å². The molecule has 1 heterocycles. The molecule has 0 atom stereocenters. The van der Waals surface area contributed by atoms with Crippen molar-refractivity contribution < 1.29 is 21.6 Å². The average molecular weight is 451 g/mol. The van der Waals surface area contributed by atoms with Crippen LogP contribution in [-0.2, 0) is 26.2 Å². The molecular weight excluding hydrogens is 432 g/mol. The fourth-order valence-corrected chi connectivity index (χ4v) is 5.47. The molecule has 0 saturated heterocycles. The van der Waals surface area contributed by atoms with Crippen molar-refractivity contribution in [2.75, 3.05) is 12.5 Å². The first kappa shape index (κ1) is 21.2. The molecule has 0 aliphatic heterocycles. The number of amides is 1. The fourth-order valence-electron chi connectivity index (χ4n) is 2.79. The molecular formula is C19H18N2O5S3. The van der Waals surface area contributed by atoms with E-state index in [9.17, 15) is 21.6 Å². The Kier molecular flexibility index (Phi) is 5.61. The number of thiazole rings is 1. The van der Waals surface area contributed by atoms with E-state index >= 15 is 0 Å². The molecule has 10 heteroatoms. The van der Waals surface area contributed by atoms with E-state index in [-0.39, 0.29) is 15.4 Å². The van der Waals surface area contributed by atoms with Crippen LogP contribution in [0.25, 0.3) is 10.2 Å². The fraction of sp³-hybridized carbons (Fsp3) is 0.158. The van der Waals surface area contributed by atoms with Gasteiger partial charge in [-0.25, -0.2) is 16.8 Å². The van der Waals surface area contributed by atoms with E-state index in [0.717, 1.165) is 23.8 Å². The monoisotopic (exact) mass is 450 g/mol. The highest BCUT2D eigenvalue weighted by Gasteiger charge is 2.18. The zero-order valence-electron chi connectivity index (χ0n) is 15.7. The first-order valence-electron chi connectivity index (χ1n) is 8.35. The van der Waals surface area contributed by atoms with Crippen molar-refractivity contribution in [3.63, 3.8) is 0 Å². The first-order valence-corrected chi connectivity index (χ1v) is 12.9. The van der Waals surface area contributed by atoms with Crippen molar-refractivity contribution in [3.8, 4) is 0 Å². The molecule has 0 aliphatic rings. The molecule has 2 aromatic carbocycles. The Morgan fingerprint density at radius 2 is 1.79 bits per heavy atom. The van der Waals surface area contributed by atoms with Crippen LogP contribution in [0.15, 0.2) is 69.9 Å². The molecule has 0 radical (unpaired) electrons. The lowest BCUT2D eigenvalue weighted by atomic mass is 10.2. The maximum atomic E-state index is 12.8. The summed E-state index contributed by atoms with van der Waals surface area (Å²) in [6.07, 6.45) is 3.78. The van der Waals surface area contributed by atoms with Crippen LogP contribution in [0.4, 0.5) is 0 Å². The summed E-state index contributed by atoms with van der Waals surface area (Å²) in [6, 6.07) is 10.6. The van der Waals surface area contributed by atoms with Crippen LogP contribution in [0.3, 0.4) is 0 Å². The third kappa shape index (κ3) is 4.39. The number of aromatic nitrogens is 1. The van der Waals surface area contributed by atoms with Crippen molar-refractivity contribution in [2.45, 2.75) is 16.3 Å². The molecule has 152 valence electrons.